The molecular formula is C9H17NO3. The lowest BCUT2D eigenvalue weighted by atomic mass is 10.2. The number of hydrogen-bond acceptors (Lipinski definition) is 4. The van der Waals surface area contributed by atoms with Gasteiger partial charge in [-0.25, -0.2) is 0 Å². The average Bonchev–Trinajstić information content (AvgIpc) is 2.52. The standard InChI is InChI=1S/C9H17NO3/c1-2-13-9(12)6-10-5-3-4-8(10)7-11/h8,11H,2-7H2,1H3/t8-/m0/s1. The van der Waals surface area contributed by atoms with Crippen LogP contribution in [0.25, 0.3) is 0 Å². The summed E-state index contributed by atoms with van der Waals surface area (Å²) in [5.74, 6) is -0.192. The highest BCUT2D eigenvalue weighted by molar-refractivity contribution is 5.71. The first-order valence-corrected chi connectivity index (χ1v) is 4.78. The molecule has 1 heterocycles. The van der Waals surface area contributed by atoms with Crippen molar-refractivity contribution in [1.82, 2.24) is 4.90 Å². The van der Waals surface area contributed by atoms with Crippen LogP contribution >= 0.6 is 0 Å². The molecule has 0 aromatic rings. The monoisotopic (exact) mass is 187 g/mol. The Morgan fingerprint density at radius 3 is 3.08 bits per heavy atom. The molecule has 0 aromatic carbocycles. The third-order valence-electron chi connectivity index (χ3n) is 2.35. The lowest BCUT2D eigenvalue weighted by Crippen LogP contribution is -2.37. The molecule has 0 radical (unpaired) electrons. The van der Waals surface area contributed by atoms with Gasteiger partial charge in [0, 0.05) is 6.04 Å². The van der Waals surface area contributed by atoms with Crippen molar-refractivity contribution < 1.29 is 14.6 Å². The summed E-state index contributed by atoms with van der Waals surface area (Å²) in [4.78, 5) is 13.1. The number of esters is 1. The highest BCUT2D eigenvalue weighted by atomic mass is 16.5. The minimum absolute atomic E-state index is 0.138. The van der Waals surface area contributed by atoms with Gasteiger partial charge in [-0.3, -0.25) is 9.69 Å². The molecule has 1 aliphatic rings. The maximum absolute atomic E-state index is 11.1. The zero-order valence-electron chi connectivity index (χ0n) is 8.03. The van der Waals surface area contributed by atoms with Crippen molar-refractivity contribution in [2.24, 2.45) is 0 Å². The van der Waals surface area contributed by atoms with Gasteiger partial charge in [-0.2, -0.15) is 0 Å². The Bertz CT molecular complexity index is 172. The highest BCUT2D eigenvalue weighted by Crippen LogP contribution is 2.15. The largest absolute Gasteiger partial charge is 0.465 e. The van der Waals surface area contributed by atoms with Crippen molar-refractivity contribution in [3.63, 3.8) is 0 Å². The number of aliphatic hydroxyl groups is 1. The van der Waals surface area contributed by atoms with E-state index in [0.29, 0.717) is 13.2 Å². The van der Waals surface area contributed by atoms with Gasteiger partial charge in [0.05, 0.1) is 19.8 Å². The van der Waals surface area contributed by atoms with E-state index in [1.807, 2.05) is 4.90 Å². The molecule has 0 unspecified atom stereocenters. The fourth-order valence-electron chi connectivity index (χ4n) is 1.68. The van der Waals surface area contributed by atoms with E-state index < -0.39 is 0 Å². The van der Waals surface area contributed by atoms with Gasteiger partial charge >= 0.3 is 5.97 Å². The van der Waals surface area contributed by atoms with E-state index in [-0.39, 0.29) is 18.6 Å². The quantitative estimate of drug-likeness (QED) is 0.630. The number of nitrogens with zero attached hydrogens (tertiary/aromatic N) is 1. The van der Waals surface area contributed by atoms with Crippen molar-refractivity contribution >= 4 is 5.97 Å². The second kappa shape index (κ2) is 5.19. The van der Waals surface area contributed by atoms with Gasteiger partial charge in [0.1, 0.15) is 0 Å². The van der Waals surface area contributed by atoms with E-state index in [9.17, 15) is 4.79 Å². The zero-order valence-corrected chi connectivity index (χ0v) is 8.03. The van der Waals surface area contributed by atoms with E-state index >= 15 is 0 Å². The lowest BCUT2D eigenvalue weighted by molar-refractivity contribution is -0.144. The van der Waals surface area contributed by atoms with Crippen molar-refractivity contribution in [2.45, 2.75) is 25.8 Å². The van der Waals surface area contributed by atoms with E-state index in [0.717, 1.165) is 19.4 Å². The van der Waals surface area contributed by atoms with E-state index in [4.69, 9.17) is 9.84 Å². The molecule has 0 aromatic heterocycles. The molecule has 0 amide bonds. The Hall–Kier alpha value is -0.610. The fraction of sp³-hybridized carbons (Fsp3) is 0.889. The molecule has 0 aliphatic carbocycles. The van der Waals surface area contributed by atoms with Crippen LogP contribution in [-0.2, 0) is 9.53 Å². The Labute approximate surface area is 78.5 Å². The molecular weight excluding hydrogens is 170 g/mol. The van der Waals surface area contributed by atoms with Crippen LogP contribution in [0.15, 0.2) is 0 Å². The van der Waals surface area contributed by atoms with Crippen molar-refractivity contribution in [3.05, 3.63) is 0 Å². The average molecular weight is 187 g/mol. The summed E-state index contributed by atoms with van der Waals surface area (Å²) >= 11 is 0. The summed E-state index contributed by atoms with van der Waals surface area (Å²) in [6.45, 7) is 3.57. The molecule has 4 heteroatoms. The molecule has 1 aliphatic heterocycles. The first kappa shape index (κ1) is 10.5. The molecule has 4 nitrogen and oxygen atoms in total. The summed E-state index contributed by atoms with van der Waals surface area (Å²) in [6, 6.07) is 0.157. The van der Waals surface area contributed by atoms with Crippen LogP contribution in [-0.4, -0.2) is 48.3 Å². The molecule has 1 saturated heterocycles. The first-order valence-electron chi connectivity index (χ1n) is 4.78. The Morgan fingerprint density at radius 1 is 1.69 bits per heavy atom. The maximum Gasteiger partial charge on any atom is 0.320 e. The molecule has 0 bridgehead atoms. The number of carbonyl (C=O) groups is 1. The third kappa shape index (κ3) is 2.97. The molecule has 1 N–H and O–H groups in total. The number of rotatable bonds is 4. The number of hydrogen-bond donors (Lipinski definition) is 1. The van der Waals surface area contributed by atoms with Gasteiger partial charge < -0.3 is 9.84 Å². The summed E-state index contributed by atoms with van der Waals surface area (Å²) in [5, 5.41) is 8.99. The van der Waals surface area contributed by atoms with Crippen LogP contribution in [0.5, 0.6) is 0 Å². The van der Waals surface area contributed by atoms with Crippen LogP contribution in [0, 0.1) is 0 Å². The third-order valence-corrected chi connectivity index (χ3v) is 2.35. The zero-order chi connectivity index (χ0) is 9.68. The van der Waals surface area contributed by atoms with Gasteiger partial charge in [0.15, 0.2) is 0 Å². The Balaban J connectivity index is 2.30. The van der Waals surface area contributed by atoms with Gasteiger partial charge in [-0.15, -0.1) is 0 Å². The smallest absolute Gasteiger partial charge is 0.320 e. The van der Waals surface area contributed by atoms with Gasteiger partial charge in [-0.05, 0) is 26.3 Å². The normalized spacial score (nSPS) is 23.4. The fourth-order valence-corrected chi connectivity index (χ4v) is 1.68. The van der Waals surface area contributed by atoms with E-state index in [1.165, 1.54) is 0 Å². The Kier molecular flexibility index (Phi) is 4.18. The van der Waals surface area contributed by atoms with Crippen LogP contribution in [0.1, 0.15) is 19.8 Å². The van der Waals surface area contributed by atoms with Crippen LogP contribution in [0.4, 0.5) is 0 Å². The van der Waals surface area contributed by atoms with Crippen molar-refractivity contribution in [1.29, 1.82) is 0 Å². The summed E-state index contributed by atoms with van der Waals surface area (Å²) in [7, 11) is 0. The minimum atomic E-state index is -0.192. The van der Waals surface area contributed by atoms with E-state index in [2.05, 4.69) is 0 Å². The number of ether oxygens (including phenoxy) is 1. The molecule has 13 heavy (non-hydrogen) atoms. The SMILES string of the molecule is CCOC(=O)CN1CCC[C@H]1CO. The Morgan fingerprint density at radius 2 is 2.46 bits per heavy atom. The van der Waals surface area contributed by atoms with Crippen LogP contribution in [0.3, 0.4) is 0 Å². The maximum atomic E-state index is 11.1. The highest BCUT2D eigenvalue weighted by Gasteiger charge is 2.25. The second-order valence-electron chi connectivity index (χ2n) is 3.25. The predicted molar refractivity (Wildman–Crippen MR) is 48.3 cm³/mol. The summed E-state index contributed by atoms with van der Waals surface area (Å²) < 4.78 is 4.83. The van der Waals surface area contributed by atoms with Gasteiger partial charge in [0.25, 0.3) is 0 Å². The molecule has 1 rings (SSSR count). The molecule has 0 spiro atoms. The number of carbonyl (C=O) groups excluding carboxylic acids is 1. The number of aliphatic hydroxyl groups excluding tert-OH is 1. The molecule has 1 fully saturated rings. The first-order chi connectivity index (χ1) is 6.27. The van der Waals surface area contributed by atoms with Crippen molar-refractivity contribution in [3.8, 4) is 0 Å². The summed E-state index contributed by atoms with van der Waals surface area (Å²) in [5.41, 5.74) is 0. The predicted octanol–water partition coefficient (Wildman–Crippen LogP) is 0.00620. The lowest BCUT2D eigenvalue weighted by Gasteiger charge is -2.20. The second-order valence-corrected chi connectivity index (χ2v) is 3.25. The molecule has 76 valence electrons. The van der Waals surface area contributed by atoms with Crippen molar-refractivity contribution in [2.75, 3.05) is 26.3 Å². The molecule has 0 saturated carbocycles. The minimum Gasteiger partial charge on any atom is -0.465 e. The van der Waals surface area contributed by atoms with Crippen LogP contribution in [0.2, 0.25) is 0 Å². The number of likely N-dealkylation sites (tertiary alicyclic amines) is 1. The topological polar surface area (TPSA) is 49.8 Å². The molecule has 1 atom stereocenters. The van der Waals surface area contributed by atoms with Gasteiger partial charge in [-0.1, -0.05) is 0 Å². The van der Waals surface area contributed by atoms with E-state index in [1.54, 1.807) is 6.92 Å². The van der Waals surface area contributed by atoms with Crippen LogP contribution < -0.4 is 0 Å². The summed E-state index contributed by atoms with van der Waals surface area (Å²) in [6.07, 6.45) is 2.04. The van der Waals surface area contributed by atoms with Gasteiger partial charge in [0.2, 0.25) is 0 Å².